The zero-order valence-corrected chi connectivity index (χ0v) is 13.5. The summed E-state index contributed by atoms with van der Waals surface area (Å²) in [5.74, 6) is 0.419. The highest BCUT2D eigenvalue weighted by Crippen LogP contribution is 2.31. The van der Waals surface area contributed by atoms with Crippen LogP contribution in [-0.4, -0.2) is 45.7 Å². The fraction of sp³-hybridized carbons (Fsp3) is 0.867. The van der Waals surface area contributed by atoms with Crippen LogP contribution in [0.3, 0.4) is 0 Å². The SMILES string of the molecule is CCC1SCC(C(=O)O)N1C(=O)NCCCC1CCCC1. The summed E-state index contributed by atoms with van der Waals surface area (Å²) in [4.78, 5) is 25.0. The molecule has 5 nitrogen and oxygen atoms in total. The number of hydrogen-bond donors (Lipinski definition) is 2. The number of aliphatic carboxylic acids is 1. The predicted molar refractivity (Wildman–Crippen MR) is 84.4 cm³/mol. The molecule has 2 atom stereocenters. The quantitative estimate of drug-likeness (QED) is 0.740. The van der Waals surface area contributed by atoms with Gasteiger partial charge in [-0.1, -0.05) is 32.6 Å². The van der Waals surface area contributed by atoms with Gasteiger partial charge in [-0.3, -0.25) is 4.90 Å². The van der Waals surface area contributed by atoms with Crippen LogP contribution in [0.25, 0.3) is 0 Å². The molecule has 0 aromatic heterocycles. The van der Waals surface area contributed by atoms with Gasteiger partial charge in [0.15, 0.2) is 0 Å². The number of nitrogens with one attached hydrogen (secondary N) is 1. The second kappa shape index (κ2) is 7.92. The minimum Gasteiger partial charge on any atom is -0.480 e. The summed E-state index contributed by atoms with van der Waals surface area (Å²) < 4.78 is 0. The van der Waals surface area contributed by atoms with Crippen LogP contribution in [0, 0.1) is 5.92 Å². The number of amides is 2. The van der Waals surface area contributed by atoms with Crippen LogP contribution in [0.1, 0.15) is 51.9 Å². The van der Waals surface area contributed by atoms with E-state index in [4.69, 9.17) is 0 Å². The molecule has 1 saturated heterocycles. The summed E-state index contributed by atoms with van der Waals surface area (Å²) in [6.45, 7) is 2.64. The Kier molecular flexibility index (Phi) is 6.21. The van der Waals surface area contributed by atoms with E-state index >= 15 is 0 Å². The maximum Gasteiger partial charge on any atom is 0.327 e. The Morgan fingerprint density at radius 2 is 2.05 bits per heavy atom. The van der Waals surface area contributed by atoms with E-state index in [9.17, 15) is 14.7 Å². The molecule has 2 aliphatic rings. The molecule has 2 amide bonds. The van der Waals surface area contributed by atoms with Gasteiger partial charge in [0.2, 0.25) is 0 Å². The van der Waals surface area contributed by atoms with E-state index in [2.05, 4.69) is 5.32 Å². The van der Waals surface area contributed by atoms with Gasteiger partial charge in [0.1, 0.15) is 6.04 Å². The molecule has 1 aliphatic heterocycles. The van der Waals surface area contributed by atoms with Crippen LogP contribution >= 0.6 is 11.8 Å². The highest BCUT2D eigenvalue weighted by atomic mass is 32.2. The molecule has 0 radical (unpaired) electrons. The molecule has 2 unspecified atom stereocenters. The molecular weight excluding hydrogens is 288 g/mol. The Hall–Kier alpha value is -0.910. The van der Waals surface area contributed by atoms with E-state index in [1.54, 1.807) is 11.8 Å². The summed E-state index contributed by atoms with van der Waals surface area (Å²) >= 11 is 1.56. The lowest BCUT2D eigenvalue weighted by molar-refractivity contribution is -0.141. The lowest BCUT2D eigenvalue weighted by atomic mass is 10.0. The molecule has 0 bridgehead atoms. The van der Waals surface area contributed by atoms with Crippen molar-refractivity contribution < 1.29 is 14.7 Å². The lowest BCUT2D eigenvalue weighted by Crippen LogP contribution is -2.50. The first-order valence-corrected chi connectivity index (χ1v) is 9.09. The summed E-state index contributed by atoms with van der Waals surface area (Å²) in [7, 11) is 0. The van der Waals surface area contributed by atoms with Crippen molar-refractivity contribution >= 4 is 23.8 Å². The van der Waals surface area contributed by atoms with E-state index in [-0.39, 0.29) is 11.4 Å². The Labute approximate surface area is 130 Å². The van der Waals surface area contributed by atoms with Crippen molar-refractivity contribution in [3.8, 4) is 0 Å². The number of rotatable bonds is 6. The van der Waals surface area contributed by atoms with E-state index in [1.165, 1.54) is 37.0 Å². The number of nitrogens with zero attached hydrogens (tertiary/aromatic N) is 1. The van der Waals surface area contributed by atoms with Gasteiger partial charge >= 0.3 is 12.0 Å². The van der Waals surface area contributed by atoms with Crippen molar-refractivity contribution in [2.24, 2.45) is 5.92 Å². The van der Waals surface area contributed by atoms with Gasteiger partial charge in [-0.15, -0.1) is 11.8 Å². The van der Waals surface area contributed by atoms with Crippen molar-refractivity contribution in [2.75, 3.05) is 12.3 Å². The first kappa shape index (κ1) is 16.5. The summed E-state index contributed by atoms with van der Waals surface area (Å²) in [6.07, 6.45) is 8.30. The molecule has 0 aromatic carbocycles. The van der Waals surface area contributed by atoms with Crippen LogP contribution in [-0.2, 0) is 4.79 Å². The van der Waals surface area contributed by atoms with Crippen LogP contribution in [0.4, 0.5) is 4.79 Å². The van der Waals surface area contributed by atoms with Gasteiger partial charge < -0.3 is 10.4 Å². The van der Waals surface area contributed by atoms with Gasteiger partial charge in [-0.2, -0.15) is 0 Å². The molecule has 0 spiro atoms. The van der Waals surface area contributed by atoms with E-state index in [0.29, 0.717) is 12.3 Å². The Balaban J connectivity index is 1.75. The summed E-state index contributed by atoms with van der Waals surface area (Å²) in [5.41, 5.74) is 0. The Morgan fingerprint density at radius 1 is 1.33 bits per heavy atom. The number of carbonyl (C=O) groups is 2. The number of urea groups is 1. The molecule has 1 aliphatic carbocycles. The second-order valence-electron chi connectivity index (χ2n) is 5.98. The molecule has 2 N–H and O–H groups in total. The minimum absolute atomic E-state index is 0.0130. The monoisotopic (exact) mass is 314 g/mol. The van der Waals surface area contributed by atoms with Crippen LogP contribution in [0.15, 0.2) is 0 Å². The first-order chi connectivity index (χ1) is 10.1. The average molecular weight is 314 g/mol. The van der Waals surface area contributed by atoms with Crippen LogP contribution in [0.5, 0.6) is 0 Å². The van der Waals surface area contributed by atoms with Gasteiger partial charge in [0.25, 0.3) is 0 Å². The molecule has 2 rings (SSSR count). The van der Waals surface area contributed by atoms with Gasteiger partial charge in [-0.05, 0) is 25.2 Å². The zero-order chi connectivity index (χ0) is 15.2. The Bertz CT molecular complexity index is 372. The average Bonchev–Trinajstić information content (AvgIpc) is 3.11. The standard InChI is InChI=1S/C15H26N2O3S/c1-2-13-17(12(10-21-13)14(18)19)15(20)16-9-5-8-11-6-3-4-7-11/h11-13H,2-10H2,1H3,(H,16,20)(H,18,19). The molecule has 1 heterocycles. The van der Waals surface area contributed by atoms with Crippen molar-refractivity contribution in [1.29, 1.82) is 0 Å². The third-order valence-electron chi connectivity index (χ3n) is 4.50. The third kappa shape index (κ3) is 4.28. The van der Waals surface area contributed by atoms with Crippen LogP contribution < -0.4 is 5.32 Å². The zero-order valence-electron chi connectivity index (χ0n) is 12.7. The molecule has 1 saturated carbocycles. The van der Waals surface area contributed by atoms with Crippen molar-refractivity contribution in [2.45, 2.75) is 63.3 Å². The highest BCUT2D eigenvalue weighted by molar-refractivity contribution is 8.00. The molecule has 0 aromatic rings. The Morgan fingerprint density at radius 3 is 2.67 bits per heavy atom. The van der Waals surface area contributed by atoms with E-state index in [0.717, 1.165) is 18.8 Å². The summed E-state index contributed by atoms with van der Waals surface area (Å²) in [6, 6.07) is -0.902. The smallest absolute Gasteiger partial charge is 0.327 e. The largest absolute Gasteiger partial charge is 0.480 e. The molecule has 2 fully saturated rings. The molecule has 6 heteroatoms. The molecule has 21 heavy (non-hydrogen) atoms. The summed E-state index contributed by atoms with van der Waals surface area (Å²) in [5, 5.41) is 12.1. The fourth-order valence-corrected chi connectivity index (χ4v) is 4.66. The van der Waals surface area contributed by atoms with Crippen molar-refractivity contribution in [3.05, 3.63) is 0 Å². The lowest BCUT2D eigenvalue weighted by Gasteiger charge is -2.26. The maximum absolute atomic E-state index is 12.3. The fourth-order valence-electron chi connectivity index (χ4n) is 3.32. The van der Waals surface area contributed by atoms with E-state index < -0.39 is 12.0 Å². The highest BCUT2D eigenvalue weighted by Gasteiger charge is 2.40. The number of carbonyl (C=O) groups excluding carboxylic acids is 1. The third-order valence-corrected chi connectivity index (χ3v) is 5.95. The minimum atomic E-state index is -0.903. The number of carboxylic acid groups (broad SMARTS) is 1. The van der Waals surface area contributed by atoms with Gasteiger partial charge in [0, 0.05) is 12.3 Å². The number of thioether (sulfide) groups is 1. The second-order valence-corrected chi connectivity index (χ2v) is 7.19. The molecule has 120 valence electrons. The van der Waals surface area contributed by atoms with Gasteiger partial charge in [0.05, 0.1) is 5.37 Å². The number of carboxylic acids is 1. The van der Waals surface area contributed by atoms with Crippen molar-refractivity contribution in [1.82, 2.24) is 10.2 Å². The van der Waals surface area contributed by atoms with Crippen LogP contribution in [0.2, 0.25) is 0 Å². The van der Waals surface area contributed by atoms with Crippen molar-refractivity contribution in [3.63, 3.8) is 0 Å². The van der Waals surface area contributed by atoms with E-state index in [1.807, 2.05) is 6.92 Å². The topological polar surface area (TPSA) is 69.6 Å². The van der Waals surface area contributed by atoms with Gasteiger partial charge in [-0.25, -0.2) is 9.59 Å². The predicted octanol–water partition coefficient (Wildman–Crippen LogP) is 2.90. The first-order valence-electron chi connectivity index (χ1n) is 8.04. The normalized spacial score (nSPS) is 26.2. The maximum atomic E-state index is 12.3. The number of hydrogen-bond acceptors (Lipinski definition) is 3. The molecular formula is C15H26N2O3S.